The van der Waals surface area contributed by atoms with Crippen LogP contribution >= 0.6 is 0 Å². The molecule has 1 saturated heterocycles. The van der Waals surface area contributed by atoms with Crippen molar-refractivity contribution in [3.63, 3.8) is 0 Å². The van der Waals surface area contributed by atoms with Crippen LogP contribution in [0.1, 0.15) is 18.2 Å². The van der Waals surface area contributed by atoms with Crippen molar-refractivity contribution in [3.8, 4) is 0 Å². The van der Waals surface area contributed by atoms with Crippen molar-refractivity contribution in [2.24, 2.45) is 0 Å². The van der Waals surface area contributed by atoms with Crippen molar-refractivity contribution < 1.29 is 28.1 Å². The Morgan fingerprint density at radius 2 is 2.23 bits per heavy atom. The van der Waals surface area contributed by atoms with E-state index in [4.69, 9.17) is 15.6 Å². The van der Waals surface area contributed by atoms with Gasteiger partial charge in [0.1, 0.15) is 18.1 Å². The summed E-state index contributed by atoms with van der Waals surface area (Å²) in [6.45, 7) is -0.449. The van der Waals surface area contributed by atoms with Gasteiger partial charge >= 0.3 is 11.9 Å². The minimum Gasteiger partial charge on any atom is -0.394 e. The van der Waals surface area contributed by atoms with Crippen molar-refractivity contribution in [2.45, 2.75) is 31.0 Å². The molecule has 0 aromatic carbocycles. The molecule has 122 valence electrons. The minimum atomic E-state index is -4.53. The number of hydrogen-bond donors (Lipinski definition) is 3. The molecule has 0 aliphatic carbocycles. The summed E-state index contributed by atoms with van der Waals surface area (Å²) in [6, 6.07) is 0. The van der Waals surface area contributed by atoms with E-state index in [2.05, 4.69) is 4.98 Å². The molecule has 0 saturated carbocycles. The van der Waals surface area contributed by atoms with Gasteiger partial charge in [-0.25, -0.2) is 4.79 Å². The third-order valence-corrected chi connectivity index (χ3v) is 3.16. The predicted molar refractivity (Wildman–Crippen MR) is 69.6 cm³/mol. The molecule has 0 bridgehead atoms. The Bertz CT molecular complexity index is 629. The van der Waals surface area contributed by atoms with Crippen molar-refractivity contribution in [2.75, 3.05) is 12.3 Å². The number of nitrogens with zero attached hydrogens (tertiary/aromatic N) is 2. The molecule has 4 N–H and O–H groups in total. The number of halogens is 3. The Hall–Kier alpha value is -1.91. The van der Waals surface area contributed by atoms with Crippen molar-refractivity contribution >= 4 is 11.9 Å². The summed E-state index contributed by atoms with van der Waals surface area (Å²) < 4.78 is 42.8. The van der Waals surface area contributed by atoms with Gasteiger partial charge in [-0.2, -0.15) is 18.2 Å². The first-order valence-electron chi connectivity index (χ1n) is 6.30. The van der Waals surface area contributed by atoms with Gasteiger partial charge in [0.05, 0.1) is 12.7 Å². The zero-order valence-corrected chi connectivity index (χ0v) is 11.2. The fraction of sp³-hybridized carbons (Fsp3) is 0.500. The summed E-state index contributed by atoms with van der Waals surface area (Å²) in [5, 5.41) is 18.6. The van der Waals surface area contributed by atoms with Gasteiger partial charge in [0.15, 0.2) is 0 Å². The van der Waals surface area contributed by atoms with Crippen molar-refractivity contribution in [3.05, 3.63) is 28.3 Å². The standard InChI is InChI=1S/C12H14F3N3O4/c13-12(14,15)2-1-6-4-18(11(21)17-10(6)16)9-3-7(20)8(5-19)22-9/h1-2,4,7-9,19-20H,3,5H2,(H2,16,17,21)/t7?,8-,9-/m1/s1. The number of nitrogens with two attached hydrogens (primary N) is 1. The molecule has 3 atom stereocenters. The average Bonchev–Trinajstić information content (AvgIpc) is 2.77. The van der Waals surface area contributed by atoms with Gasteiger partial charge in [-0.1, -0.05) is 0 Å². The van der Waals surface area contributed by atoms with Crippen molar-refractivity contribution in [1.29, 1.82) is 0 Å². The number of allylic oxidation sites excluding steroid dienone is 1. The zero-order chi connectivity index (χ0) is 16.5. The highest BCUT2D eigenvalue weighted by Gasteiger charge is 2.35. The van der Waals surface area contributed by atoms with E-state index in [0.29, 0.717) is 6.08 Å². The Kier molecular flexibility index (Phi) is 4.54. The molecule has 10 heteroatoms. The molecule has 0 amide bonds. The SMILES string of the molecule is Nc1nc(=O)n([C@H]2CC(O)[C@@H](CO)O2)cc1C=CC(F)(F)F. The summed E-state index contributed by atoms with van der Waals surface area (Å²) in [6.07, 6.45) is -5.61. The number of aromatic nitrogens is 2. The Labute approximate surface area is 122 Å². The topological polar surface area (TPSA) is 111 Å². The second kappa shape index (κ2) is 6.07. The fourth-order valence-electron chi connectivity index (χ4n) is 2.07. The lowest BCUT2D eigenvalue weighted by Gasteiger charge is -2.15. The lowest BCUT2D eigenvalue weighted by atomic mass is 10.2. The second-order valence-corrected chi connectivity index (χ2v) is 4.76. The quantitative estimate of drug-likeness (QED) is 0.725. The molecule has 1 aliphatic heterocycles. The number of anilines is 1. The first-order chi connectivity index (χ1) is 10.2. The van der Waals surface area contributed by atoms with Gasteiger partial charge < -0.3 is 20.7 Å². The molecule has 1 aliphatic rings. The minimum absolute atomic E-state index is 0.000837. The summed E-state index contributed by atoms with van der Waals surface area (Å²) in [7, 11) is 0. The van der Waals surface area contributed by atoms with Crippen LogP contribution in [0.4, 0.5) is 19.0 Å². The van der Waals surface area contributed by atoms with Gasteiger partial charge in [-0.15, -0.1) is 0 Å². The van der Waals surface area contributed by atoms with Gasteiger partial charge in [-0.05, 0) is 6.08 Å². The summed E-state index contributed by atoms with van der Waals surface area (Å²) in [5.74, 6) is -0.348. The van der Waals surface area contributed by atoms with Crippen LogP contribution in [0, 0.1) is 0 Å². The highest BCUT2D eigenvalue weighted by molar-refractivity contribution is 5.60. The maximum Gasteiger partial charge on any atom is 0.409 e. The number of rotatable bonds is 3. The summed E-state index contributed by atoms with van der Waals surface area (Å²) in [5.41, 5.74) is 4.50. The van der Waals surface area contributed by atoms with Crippen LogP contribution in [0.25, 0.3) is 6.08 Å². The van der Waals surface area contributed by atoms with Crippen LogP contribution in [0.5, 0.6) is 0 Å². The molecule has 1 unspecified atom stereocenters. The molecule has 0 radical (unpaired) electrons. The van der Waals surface area contributed by atoms with E-state index in [-0.39, 0.29) is 23.9 Å². The Morgan fingerprint density at radius 3 is 2.77 bits per heavy atom. The number of ether oxygens (including phenoxy) is 1. The molecule has 1 fully saturated rings. The fourth-order valence-corrected chi connectivity index (χ4v) is 2.07. The zero-order valence-electron chi connectivity index (χ0n) is 11.2. The third kappa shape index (κ3) is 3.64. The van der Waals surface area contributed by atoms with E-state index >= 15 is 0 Å². The maximum absolute atomic E-state index is 12.2. The van der Waals surface area contributed by atoms with E-state index in [9.17, 15) is 23.1 Å². The van der Waals surface area contributed by atoms with Crippen LogP contribution in [0.3, 0.4) is 0 Å². The monoisotopic (exact) mass is 321 g/mol. The van der Waals surface area contributed by atoms with E-state index in [1.54, 1.807) is 0 Å². The van der Waals surface area contributed by atoms with Crippen molar-refractivity contribution in [1.82, 2.24) is 9.55 Å². The lowest BCUT2D eigenvalue weighted by Crippen LogP contribution is -2.28. The van der Waals surface area contributed by atoms with E-state index in [1.807, 2.05) is 0 Å². The number of nitrogen functional groups attached to an aromatic ring is 1. The highest BCUT2D eigenvalue weighted by Crippen LogP contribution is 2.28. The maximum atomic E-state index is 12.2. The van der Waals surface area contributed by atoms with Crippen LogP contribution in [0.2, 0.25) is 0 Å². The largest absolute Gasteiger partial charge is 0.409 e. The molecule has 1 aromatic heterocycles. The number of aliphatic hydroxyl groups is 2. The second-order valence-electron chi connectivity index (χ2n) is 4.76. The molecule has 22 heavy (non-hydrogen) atoms. The number of aliphatic hydroxyl groups excluding tert-OH is 2. The Balaban J connectivity index is 2.33. The average molecular weight is 321 g/mol. The summed E-state index contributed by atoms with van der Waals surface area (Å²) in [4.78, 5) is 15.2. The molecule has 0 spiro atoms. The first kappa shape index (κ1) is 16.5. The van der Waals surface area contributed by atoms with Gasteiger partial charge in [0.25, 0.3) is 0 Å². The molecule has 2 rings (SSSR count). The molecule has 7 nitrogen and oxygen atoms in total. The van der Waals surface area contributed by atoms with E-state index in [0.717, 1.165) is 10.8 Å². The highest BCUT2D eigenvalue weighted by atomic mass is 19.4. The molecule has 2 heterocycles. The lowest BCUT2D eigenvalue weighted by molar-refractivity contribution is -0.0790. The Morgan fingerprint density at radius 1 is 1.55 bits per heavy atom. The molecule has 1 aromatic rings. The van der Waals surface area contributed by atoms with Gasteiger partial charge in [0.2, 0.25) is 0 Å². The van der Waals surface area contributed by atoms with E-state index in [1.165, 1.54) is 0 Å². The van der Waals surface area contributed by atoms with Crippen LogP contribution in [0.15, 0.2) is 17.1 Å². The first-order valence-corrected chi connectivity index (χ1v) is 6.30. The third-order valence-electron chi connectivity index (χ3n) is 3.16. The predicted octanol–water partition coefficient (Wildman–Crippen LogP) is 0.0417. The van der Waals surface area contributed by atoms with Gasteiger partial charge in [0, 0.05) is 24.3 Å². The smallest absolute Gasteiger partial charge is 0.394 e. The van der Waals surface area contributed by atoms with E-state index < -0.39 is 36.9 Å². The number of hydrogen-bond acceptors (Lipinski definition) is 6. The van der Waals surface area contributed by atoms with Crippen LogP contribution < -0.4 is 11.4 Å². The van der Waals surface area contributed by atoms with Gasteiger partial charge in [-0.3, -0.25) is 4.57 Å². The van der Waals surface area contributed by atoms with Crippen LogP contribution in [-0.2, 0) is 4.74 Å². The summed E-state index contributed by atoms with van der Waals surface area (Å²) >= 11 is 0. The molecular weight excluding hydrogens is 307 g/mol. The molecular formula is C12H14F3N3O4. The normalized spacial score (nSPS) is 26.0. The van der Waals surface area contributed by atoms with Crippen LogP contribution in [-0.4, -0.2) is 44.8 Å². The number of alkyl halides is 3.